The van der Waals surface area contributed by atoms with Crippen molar-refractivity contribution in [3.8, 4) is 0 Å². The maximum Gasteiger partial charge on any atom is 0.260 e. The Morgan fingerprint density at radius 2 is 1.96 bits per heavy atom. The number of fused-ring (bicyclic) bond motifs is 1. The van der Waals surface area contributed by atoms with Crippen molar-refractivity contribution in [3.05, 3.63) is 63.6 Å². The van der Waals surface area contributed by atoms with Crippen molar-refractivity contribution in [2.75, 3.05) is 5.75 Å². The molecule has 2 N–H and O–H groups in total. The molecule has 1 aromatic carbocycles. The minimum atomic E-state index is -3.31. The monoisotopic (exact) mass is 332 g/mol. The molecule has 3 rings (SSSR count). The molecule has 2 aromatic rings. The Morgan fingerprint density at radius 1 is 1.22 bits per heavy atom. The van der Waals surface area contributed by atoms with E-state index in [0.717, 1.165) is 0 Å². The van der Waals surface area contributed by atoms with Gasteiger partial charge in [0.25, 0.3) is 11.5 Å². The highest BCUT2D eigenvalue weighted by molar-refractivity contribution is 7.91. The quantitative estimate of drug-likeness (QED) is 0.867. The van der Waals surface area contributed by atoms with E-state index in [1.807, 2.05) is 0 Å². The molecule has 0 bridgehead atoms. The van der Waals surface area contributed by atoms with Gasteiger partial charge in [0.15, 0.2) is 9.84 Å². The van der Waals surface area contributed by atoms with Crippen molar-refractivity contribution in [1.82, 2.24) is 10.3 Å². The highest BCUT2D eigenvalue weighted by Crippen LogP contribution is 2.31. The predicted molar refractivity (Wildman–Crippen MR) is 85.1 cm³/mol. The van der Waals surface area contributed by atoms with E-state index in [0.29, 0.717) is 11.3 Å². The second-order valence-electron chi connectivity index (χ2n) is 5.56. The molecule has 7 heteroatoms. The van der Waals surface area contributed by atoms with Gasteiger partial charge in [-0.3, -0.25) is 9.59 Å². The van der Waals surface area contributed by atoms with E-state index in [-0.39, 0.29) is 22.6 Å². The molecule has 23 heavy (non-hydrogen) atoms. The van der Waals surface area contributed by atoms with Crippen LogP contribution in [-0.4, -0.2) is 25.1 Å². The molecule has 1 aromatic heterocycles. The first-order valence-corrected chi connectivity index (χ1v) is 8.86. The number of carbonyl (C=O) groups excluding carboxylic acids is 1. The molecule has 1 amide bonds. The van der Waals surface area contributed by atoms with E-state index >= 15 is 0 Å². The fourth-order valence-electron chi connectivity index (χ4n) is 2.73. The number of hydrogen-bond acceptors (Lipinski definition) is 4. The zero-order valence-electron chi connectivity index (χ0n) is 12.5. The number of nitrogens with one attached hydrogen (secondary N) is 2. The lowest BCUT2D eigenvalue weighted by Gasteiger charge is -2.26. The van der Waals surface area contributed by atoms with Crippen LogP contribution in [0.4, 0.5) is 0 Å². The third-order valence-corrected chi connectivity index (χ3v) is 5.73. The van der Waals surface area contributed by atoms with Gasteiger partial charge in [-0.1, -0.05) is 18.2 Å². The normalized spacial score (nSPS) is 18.9. The van der Waals surface area contributed by atoms with Gasteiger partial charge in [-0.05, 0) is 37.1 Å². The summed E-state index contributed by atoms with van der Waals surface area (Å²) in [4.78, 5) is 27.0. The Morgan fingerprint density at radius 3 is 2.70 bits per heavy atom. The van der Waals surface area contributed by atoms with Crippen LogP contribution in [0.5, 0.6) is 0 Å². The van der Waals surface area contributed by atoms with Gasteiger partial charge in [-0.25, -0.2) is 8.42 Å². The van der Waals surface area contributed by atoms with Crippen LogP contribution in [0, 0.1) is 6.92 Å². The number of pyridine rings is 1. The van der Waals surface area contributed by atoms with Crippen molar-refractivity contribution in [2.45, 2.75) is 24.3 Å². The van der Waals surface area contributed by atoms with Gasteiger partial charge in [-0.15, -0.1) is 0 Å². The first-order chi connectivity index (χ1) is 10.9. The van der Waals surface area contributed by atoms with Gasteiger partial charge in [0.2, 0.25) is 0 Å². The summed E-state index contributed by atoms with van der Waals surface area (Å²) in [5, 5.41) is 2.77. The Balaban J connectivity index is 1.92. The molecular weight excluding hydrogens is 316 g/mol. The number of benzene rings is 1. The fourth-order valence-corrected chi connectivity index (χ4v) is 4.35. The summed E-state index contributed by atoms with van der Waals surface area (Å²) in [7, 11) is -3.31. The molecule has 0 aliphatic carbocycles. The number of sulfone groups is 1. The molecule has 1 aliphatic rings. The van der Waals surface area contributed by atoms with Crippen LogP contribution in [0.15, 0.2) is 46.1 Å². The molecule has 0 saturated heterocycles. The molecule has 0 radical (unpaired) electrons. The number of rotatable bonds is 2. The highest BCUT2D eigenvalue weighted by atomic mass is 32.2. The van der Waals surface area contributed by atoms with Crippen molar-refractivity contribution >= 4 is 15.7 Å². The predicted octanol–water partition coefficient (Wildman–Crippen LogP) is 1.33. The number of aryl methyl sites for hydroxylation is 1. The minimum absolute atomic E-state index is 0.0153. The van der Waals surface area contributed by atoms with Crippen LogP contribution in [0.25, 0.3) is 0 Å². The Kier molecular flexibility index (Phi) is 3.81. The molecule has 0 spiro atoms. The Hall–Kier alpha value is -2.41. The summed E-state index contributed by atoms with van der Waals surface area (Å²) < 4.78 is 24.2. The number of aromatic amines is 1. The Labute approximate surface area is 133 Å². The van der Waals surface area contributed by atoms with E-state index in [9.17, 15) is 18.0 Å². The summed E-state index contributed by atoms with van der Waals surface area (Å²) >= 11 is 0. The zero-order chi connectivity index (χ0) is 16.6. The van der Waals surface area contributed by atoms with Crippen LogP contribution < -0.4 is 10.9 Å². The lowest BCUT2D eigenvalue weighted by Crippen LogP contribution is -2.36. The van der Waals surface area contributed by atoms with Crippen molar-refractivity contribution in [3.63, 3.8) is 0 Å². The Bertz CT molecular complexity index is 931. The lowest BCUT2D eigenvalue weighted by atomic mass is 10.0. The smallest absolute Gasteiger partial charge is 0.260 e. The second kappa shape index (κ2) is 5.66. The van der Waals surface area contributed by atoms with Gasteiger partial charge < -0.3 is 10.3 Å². The van der Waals surface area contributed by atoms with Crippen LogP contribution >= 0.6 is 0 Å². The summed E-state index contributed by atoms with van der Waals surface area (Å²) in [6.45, 7) is 1.73. The summed E-state index contributed by atoms with van der Waals surface area (Å²) in [6.07, 6.45) is 0.287. The largest absolute Gasteiger partial charge is 0.345 e. The standard InChI is InChI=1S/C16H16N2O4S/c1-10-6-7-12(15(19)17-10)16(20)18-13-8-9-23(21,22)14-5-3-2-4-11(13)14/h2-7,13H,8-9H2,1H3,(H,17,19)(H,18,20)/t13-/m0/s1. The second-order valence-corrected chi connectivity index (χ2v) is 7.63. The molecule has 1 aliphatic heterocycles. The molecular formula is C16H16N2O4S. The SMILES string of the molecule is Cc1ccc(C(=O)N[C@H]2CCS(=O)(=O)c3ccccc32)c(=O)[nH]1. The first-order valence-electron chi connectivity index (χ1n) is 7.21. The number of H-pyrrole nitrogens is 1. The molecule has 1 atom stereocenters. The number of amides is 1. The lowest BCUT2D eigenvalue weighted by molar-refractivity contribution is 0.0933. The van der Waals surface area contributed by atoms with E-state index in [1.54, 1.807) is 37.3 Å². The summed E-state index contributed by atoms with van der Waals surface area (Å²) in [5.41, 5.74) is 0.789. The van der Waals surface area contributed by atoms with Crippen LogP contribution in [0.2, 0.25) is 0 Å². The minimum Gasteiger partial charge on any atom is -0.345 e. The zero-order valence-corrected chi connectivity index (χ0v) is 13.3. The van der Waals surface area contributed by atoms with Crippen LogP contribution in [0.3, 0.4) is 0 Å². The third-order valence-electron chi connectivity index (χ3n) is 3.91. The average molecular weight is 332 g/mol. The first kappa shape index (κ1) is 15.5. The maximum absolute atomic E-state index is 12.3. The van der Waals surface area contributed by atoms with Gasteiger partial charge in [0.1, 0.15) is 5.56 Å². The molecule has 0 unspecified atom stereocenters. The van der Waals surface area contributed by atoms with Crippen molar-refractivity contribution in [1.29, 1.82) is 0 Å². The molecule has 6 nitrogen and oxygen atoms in total. The van der Waals surface area contributed by atoms with Gasteiger partial charge in [0, 0.05) is 5.69 Å². The highest BCUT2D eigenvalue weighted by Gasteiger charge is 2.31. The van der Waals surface area contributed by atoms with E-state index in [4.69, 9.17) is 0 Å². The number of aromatic nitrogens is 1. The van der Waals surface area contributed by atoms with Gasteiger partial charge in [-0.2, -0.15) is 0 Å². The van der Waals surface area contributed by atoms with E-state index < -0.39 is 27.3 Å². The molecule has 120 valence electrons. The number of hydrogen-bond donors (Lipinski definition) is 2. The average Bonchev–Trinajstić information content (AvgIpc) is 2.50. The van der Waals surface area contributed by atoms with Gasteiger partial charge in [0.05, 0.1) is 16.7 Å². The number of carbonyl (C=O) groups is 1. The summed E-state index contributed by atoms with van der Waals surface area (Å²) in [6, 6.07) is 9.31. The fraction of sp³-hybridized carbons (Fsp3) is 0.250. The van der Waals surface area contributed by atoms with E-state index in [1.165, 1.54) is 6.07 Å². The topological polar surface area (TPSA) is 96.1 Å². The molecule has 2 heterocycles. The van der Waals surface area contributed by atoms with Gasteiger partial charge >= 0.3 is 0 Å². The van der Waals surface area contributed by atoms with Crippen LogP contribution in [0.1, 0.15) is 34.1 Å². The summed E-state index contributed by atoms with van der Waals surface area (Å²) in [5.74, 6) is -0.537. The van der Waals surface area contributed by atoms with Crippen molar-refractivity contribution in [2.24, 2.45) is 0 Å². The maximum atomic E-state index is 12.3. The molecule has 0 saturated carbocycles. The third kappa shape index (κ3) is 2.92. The molecule has 0 fully saturated rings. The van der Waals surface area contributed by atoms with Crippen molar-refractivity contribution < 1.29 is 13.2 Å². The van der Waals surface area contributed by atoms with Crippen LogP contribution in [-0.2, 0) is 9.84 Å². The van der Waals surface area contributed by atoms with E-state index in [2.05, 4.69) is 10.3 Å².